The van der Waals surface area contributed by atoms with E-state index in [4.69, 9.17) is 9.47 Å². The van der Waals surface area contributed by atoms with Gasteiger partial charge in [0.15, 0.2) is 11.5 Å². The van der Waals surface area contributed by atoms with Gasteiger partial charge < -0.3 is 9.47 Å². The number of fused-ring (bicyclic) bond motifs is 1. The second kappa shape index (κ2) is 3.09. The van der Waals surface area contributed by atoms with Crippen molar-refractivity contribution < 1.29 is 14.3 Å². The molecule has 1 aromatic rings. The second-order valence-electron chi connectivity index (χ2n) is 3.02. The van der Waals surface area contributed by atoms with Crippen molar-refractivity contribution in [1.29, 1.82) is 0 Å². The second-order valence-corrected chi connectivity index (χ2v) is 3.02. The fourth-order valence-electron chi connectivity index (χ4n) is 1.23. The number of ether oxygens (including phenoxy) is 2. The van der Waals surface area contributed by atoms with Gasteiger partial charge >= 0.3 is 5.97 Å². The maximum Gasteiger partial charge on any atom is 0.314 e. The molecule has 68 valence electrons. The molecule has 0 saturated carbocycles. The first-order chi connectivity index (χ1) is 6.25. The number of benzene rings is 1. The van der Waals surface area contributed by atoms with E-state index in [1.807, 2.05) is 19.1 Å². The lowest BCUT2D eigenvalue weighted by atomic mass is 10.2. The molecule has 0 spiro atoms. The number of carbonyl (C=O) groups is 1. The van der Waals surface area contributed by atoms with Gasteiger partial charge in [0.05, 0.1) is 13.0 Å². The van der Waals surface area contributed by atoms with Crippen molar-refractivity contribution in [3.63, 3.8) is 0 Å². The van der Waals surface area contributed by atoms with Crippen molar-refractivity contribution in [2.24, 2.45) is 0 Å². The number of aryl methyl sites for hydroxylation is 1. The van der Waals surface area contributed by atoms with E-state index in [2.05, 4.69) is 0 Å². The molecule has 1 heterocycles. The largest absolute Gasteiger partial charge is 0.489 e. The van der Waals surface area contributed by atoms with Gasteiger partial charge in [-0.05, 0) is 24.6 Å². The highest BCUT2D eigenvalue weighted by Gasteiger charge is 2.15. The topological polar surface area (TPSA) is 35.5 Å². The van der Waals surface area contributed by atoms with Crippen LogP contribution in [0.2, 0.25) is 0 Å². The SMILES string of the molecule is Cc1ccc2c(c1)OC(=O)CCO2. The Bertz CT molecular complexity index is 344. The van der Waals surface area contributed by atoms with Crippen LogP contribution in [0.1, 0.15) is 12.0 Å². The van der Waals surface area contributed by atoms with Gasteiger partial charge in [-0.2, -0.15) is 0 Å². The highest BCUT2D eigenvalue weighted by atomic mass is 16.6. The van der Waals surface area contributed by atoms with Crippen molar-refractivity contribution in [2.75, 3.05) is 6.61 Å². The van der Waals surface area contributed by atoms with Crippen LogP contribution in [-0.4, -0.2) is 12.6 Å². The molecule has 0 aromatic heterocycles. The molecular weight excluding hydrogens is 168 g/mol. The highest BCUT2D eigenvalue weighted by Crippen LogP contribution is 2.30. The van der Waals surface area contributed by atoms with E-state index in [1.54, 1.807) is 6.07 Å². The van der Waals surface area contributed by atoms with Gasteiger partial charge in [0.1, 0.15) is 0 Å². The molecule has 1 aromatic carbocycles. The first-order valence-corrected chi connectivity index (χ1v) is 4.20. The summed E-state index contributed by atoms with van der Waals surface area (Å²) in [5.74, 6) is 0.948. The summed E-state index contributed by atoms with van der Waals surface area (Å²) in [4.78, 5) is 11.1. The molecule has 3 nitrogen and oxygen atoms in total. The molecule has 3 heteroatoms. The first-order valence-electron chi connectivity index (χ1n) is 4.20. The lowest BCUT2D eigenvalue weighted by molar-refractivity contribution is -0.134. The van der Waals surface area contributed by atoms with Crippen molar-refractivity contribution in [3.05, 3.63) is 23.8 Å². The molecule has 0 fully saturated rings. The third-order valence-corrected chi connectivity index (χ3v) is 1.89. The van der Waals surface area contributed by atoms with Gasteiger partial charge in [-0.15, -0.1) is 0 Å². The minimum absolute atomic E-state index is 0.232. The van der Waals surface area contributed by atoms with Gasteiger partial charge in [-0.25, -0.2) is 0 Å². The molecule has 0 bridgehead atoms. The summed E-state index contributed by atoms with van der Waals surface area (Å²) in [6.07, 6.45) is 0.313. The van der Waals surface area contributed by atoms with Crippen LogP contribution in [0.25, 0.3) is 0 Å². The van der Waals surface area contributed by atoms with Crippen LogP contribution < -0.4 is 9.47 Å². The lowest BCUT2D eigenvalue weighted by Crippen LogP contribution is -2.07. The molecule has 0 saturated heterocycles. The Labute approximate surface area is 76.3 Å². The minimum atomic E-state index is -0.232. The van der Waals surface area contributed by atoms with Crippen molar-refractivity contribution in [3.8, 4) is 11.5 Å². The van der Waals surface area contributed by atoms with E-state index in [1.165, 1.54) is 0 Å². The van der Waals surface area contributed by atoms with Crippen LogP contribution in [0.3, 0.4) is 0 Å². The lowest BCUT2D eigenvalue weighted by Gasteiger charge is -2.05. The Hall–Kier alpha value is -1.51. The van der Waals surface area contributed by atoms with E-state index in [0.29, 0.717) is 24.5 Å². The quantitative estimate of drug-likeness (QED) is 0.448. The summed E-state index contributed by atoms with van der Waals surface area (Å²) in [5.41, 5.74) is 1.05. The van der Waals surface area contributed by atoms with Crippen LogP contribution in [-0.2, 0) is 4.79 Å². The maximum atomic E-state index is 11.1. The van der Waals surface area contributed by atoms with Gasteiger partial charge in [0, 0.05) is 0 Å². The zero-order chi connectivity index (χ0) is 9.26. The van der Waals surface area contributed by atoms with Crippen LogP contribution in [0, 0.1) is 6.92 Å². The van der Waals surface area contributed by atoms with Crippen LogP contribution in [0.5, 0.6) is 11.5 Å². The van der Waals surface area contributed by atoms with E-state index in [-0.39, 0.29) is 5.97 Å². The van der Waals surface area contributed by atoms with Crippen LogP contribution in [0.4, 0.5) is 0 Å². The third-order valence-electron chi connectivity index (χ3n) is 1.89. The van der Waals surface area contributed by atoms with Crippen molar-refractivity contribution in [2.45, 2.75) is 13.3 Å². The van der Waals surface area contributed by atoms with Gasteiger partial charge in [-0.1, -0.05) is 6.07 Å². The predicted octanol–water partition coefficient (Wildman–Crippen LogP) is 1.68. The zero-order valence-electron chi connectivity index (χ0n) is 7.37. The summed E-state index contributed by atoms with van der Waals surface area (Å²) < 4.78 is 10.4. The Kier molecular flexibility index (Phi) is 1.93. The summed E-state index contributed by atoms with van der Waals surface area (Å²) in [7, 11) is 0. The first kappa shape index (κ1) is 8.10. The summed E-state index contributed by atoms with van der Waals surface area (Å²) in [6.45, 7) is 2.34. The average molecular weight is 178 g/mol. The van der Waals surface area contributed by atoms with E-state index < -0.39 is 0 Å². The smallest absolute Gasteiger partial charge is 0.314 e. The molecular formula is C10H10O3. The van der Waals surface area contributed by atoms with Crippen molar-refractivity contribution >= 4 is 5.97 Å². The maximum absolute atomic E-state index is 11.1. The Morgan fingerprint density at radius 2 is 2.15 bits per heavy atom. The number of esters is 1. The number of carbonyl (C=O) groups excluding carboxylic acids is 1. The fourth-order valence-corrected chi connectivity index (χ4v) is 1.23. The highest BCUT2D eigenvalue weighted by molar-refractivity contribution is 5.74. The van der Waals surface area contributed by atoms with Crippen molar-refractivity contribution in [1.82, 2.24) is 0 Å². The zero-order valence-corrected chi connectivity index (χ0v) is 7.37. The standard InChI is InChI=1S/C10H10O3/c1-7-2-3-8-9(6-7)13-10(11)4-5-12-8/h2-3,6H,4-5H2,1H3. The predicted molar refractivity (Wildman–Crippen MR) is 46.9 cm³/mol. The molecule has 0 unspecified atom stereocenters. The molecule has 0 radical (unpaired) electrons. The normalized spacial score (nSPS) is 15.3. The van der Waals surface area contributed by atoms with Crippen LogP contribution >= 0.6 is 0 Å². The number of hydrogen-bond donors (Lipinski definition) is 0. The summed E-state index contributed by atoms with van der Waals surface area (Å²) in [6, 6.07) is 5.56. The molecule has 0 atom stereocenters. The fraction of sp³-hybridized carbons (Fsp3) is 0.300. The van der Waals surface area contributed by atoms with Gasteiger partial charge in [0.2, 0.25) is 0 Å². The number of rotatable bonds is 0. The molecule has 2 rings (SSSR count). The van der Waals surface area contributed by atoms with Gasteiger partial charge in [0.25, 0.3) is 0 Å². The van der Waals surface area contributed by atoms with E-state index in [9.17, 15) is 4.79 Å². The average Bonchev–Trinajstić information content (AvgIpc) is 2.25. The molecule has 0 aliphatic carbocycles. The molecule has 13 heavy (non-hydrogen) atoms. The molecule has 0 N–H and O–H groups in total. The Balaban J connectivity index is 2.40. The third kappa shape index (κ3) is 1.64. The molecule has 1 aliphatic heterocycles. The van der Waals surface area contributed by atoms with Gasteiger partial charge in [-0.3, -0.25) is 4.79 Å². The van der Waals surface area contributed by atoms with Crippen LogP contribution in [0.15, 0.2) is 18.2 Å². The summed E-state index contributed by atoms with van der Waals surface area (Å²) >= 11 is 0. The number of hydrogen-bond acceptors (Lipinski definition) is 3. The Morgan fingerprint density at radius 3 is 3.00 bits per heavy atom. The van der Waals surface area contributed by atoms with E-state index in [0.717, 1.165) is 5.56 Å². The monoisotopic (exact) mass is 178 g/mol. The van der Waals surface area contributed by atoms with E-state index >= 15 is 0 Å². The molecule has 1 aliphatic rings. The minimum Gasteiger partial charge on any atom is -0.489 e. The Morgan fingerprint density at radius 1 is 1.31 bits per heavy atom. The summed E-state index contributed by atoms with van der Waals surface area (Å²) in [5, 5.41) is 0. The molecule has 0 amide bonds.